The fourth-order valence-corrected chi connectivity index (χ4v) is 4.79. The fourth-order valence-electron chi connectivity index (χ4n) is 4.67. The Bertz CT molecular complexity index is 1360. The van der Waals surface area contributed by atoms with Gasteiger partial charge in [0.25, 0.3) is 11.8 Å². The van der Waals surface area contributed by atoms with Gasteiger partial charge in [-0.05, 0) is 101 Å². The first-order valence-corrected chi connectivity index (χ1v) is 14.6. The molecule has 0 bridgehead atoms. The standard InChI is InChI=1S/C34H37ClN2O2.C2H6/c1-7-9-13-31(8-2)36(33(38)28-17-15-24(3)16-18-28)26(5)23-27(6)37(32-14-11-10-12-25(32)4)34(39)29-19-21-30(35)22-20-29;1-2/h7-22,26-27H,2,23H2,1,3-6H3;1-2H3/b9-7-,31-13+;. The highest BCUT2D eigenvalue weighted by Crippen LogP contribution is 2.28. The van der Waals surface area contributed by atoms with Crippen molar-refractivity contribution in [3.05, 3.63) is 137 Å². The minimum atomic E-state index is -0.243. The monoisotopic (exact) mass is 570 g/mol. The van der Waals surface area contributed by atoms with Crippen LogP contribution in [0.3, 0.4) is 0 Å². The number of carbonyl (C=O) groups is 2. The van der Waals surface area contributed by atoms with Crippen LogP contribution in [0.25, 0.3) is 0 Å². The molecule has 5 heteroatoms. The van der Waals surface area contributed by atoms with E-state index in [4.69, 9.17) is 11.6 Å². The maximum absolute atomic E-state index is 13.9. The molecule has 2 atom stereocenters. The van der Waals surface area contributed by atoms with Gasteiger partial charge in [-0.2, -0.15) is 0 Å². The molecule has 4 nitrogen and oxygen atoms in total. The molecule has 216 valence electrons. The van der Waals surface area contributed by atoms with Gasteiger partial charge in [-0.3, -0.25) is 9.59 Å². The SMILES string of the molecule is C=C/C(=C\C=C/C)N(C(=O)c1ccc(C)cc1)C(C)CC(C)N(C(=O)c1ccc(Cl)cc1)c1ccccc1C.CC. The van der Waals surface area contributed by atoms with Crippen LogP contribution < -0.4 is 4.90 Å². The first kappa shape index (κ1) is 33.3. The summed E-state index contributed by atoms with van der Waals surface area (Å²) < 4.78 is 0. The van der Waals surface area contributed by atoms with Crippen molar-refractivity contribution in [1.82, 2.24) is 4.90 Å². The second-order valence-electron chi connectivity index (χ2n) is 9.76. The Balaban J connectivity index is 0.00000287. The number of amides is 2. The Labute approximate surface area is 251 Å². The van der Waals surface area contributed by atoms with E-state index in [1.807, 2.05) is 120 Å². The van der Waals surface area contributed by atoms with Gasteiger partial charge in [0.2, 0.25) is 0 Å². The Morgan fingerprint density at radius 2 is 1.41 bits per heavy atom. The van der Waals surface area contributed by atoms with Crippen LogP contribution in [-0.2, 0) is 0 Å². The van der Waals surface area contributed by atoms with Gasteiger partial charge in [0.1, 0.15) is 0 Å². The molecule has 2 unspecified atom stereocenters. The lowest BCUT2D eigenvalue weighted by molar-refractivity contribution is 0.0753. The molecule has 0 aliphatic heterocycles. The molecule has 0 aliphatic carbocycles. The number of hydrogen-bond donors (Lipinski definition) is 0. The molecular weight excluding hydrogens is 528 g/mol. The molecule has 3 aromatic carbocycles. The average molecular weight is 571 g/mol. The minimum Gasteiger partial charge on any atom is -0.306 e. The third-order valence-corrected chi connectivity index (χ3v) is 6.96. The van der Waals surface area contributed by atoms with Crippen LogP contribution in [0, 0.1) is 13.8 Å². The molecule has 0 N–H and O–H groups in total. The number of rotatable bonds is 10. The first-order chi connectivity index (χ1) is 19.7. The zero-order valence-electron chi connectivity index (χ0n) is 25.4. The van der Waals surface area contributed by atoms with Gasteiger partial charge in [-0.25, -0.2) is 0 Å². The van der Waals surface area contributed by atoms with E-state index in [1.54, 1.807) is 35.2 Å². The molecule has 0 radical (unpaired) electrons. The van der Waals surface area contributed by atoms with Crippen LogP contribution in [-0.4, -0.2) is 28.8 Å². The predicted octanol–water partition coefficient (Wildman–Crippen LogP) is 9.59. The number of para-hydroxylation sites is 1. The van der Waals surface area contributed by atoms with Crippen molar-refractivity contribution < 1.29 is 9.59 Å². The number of aryl methyl sites for hydroxylation is 2. The molecule has 2 amide bonds. The summed E-state index contributed by atoms with van der Waals surface area (Å²) in [6, 6.07) is 21.9. The predicted molar refractivity (Wildman–Crippen MR) is 175 cm³/mol. The lowest BCUT2D eigenvalue weighted by atomic mass is 10.0. The summed E-state index contributed by atoms with van der Waals surface area (Å²) in [6.45, 7) is 17.9. The highest BCUT2D eigenvalue weighted by Gasteiger charge is 2.30. The topological polar surface area (TPSA) is 40.6 Å². The van der Waals surface area contributed by atoms with Gasteiger partial charge in [-0.15, -0.1) is 0 Å². The van der Waals surface area contributed by atoms with Gasteiger partial charge in [0.05, 0.1) is 0 Å². The molecule has 41 heavy (non-hydrogen) atoms. The molecule has 0 fully saturated rings. The van der Waals surface area contributed by atoms with E-state index in [0.29, 0.717) is 28.3 Å². The smallest absolute Gasteiger partial charge is 0.258 e. The third-order valence-electron chi connectivity index (χ3n) is 6.71. The van der Waals surface area contributed by atoms with Gasteiger partial charge in [-0.1, -0.05) is 80.1 Å². The summed E-state index contributed by atoms with van der Waals surface area (Å²) in [5.41, 5.74) is 4.76. The summed E-state index contributed by atoms with van der Waals surface area (Å²) in [5, 5.41) is 0.575. The number of benzene rings is 3. The Morgan fingerprint density at radius 3 is 1.98 bits per heavy atom. The van der Waals surface area contributed by atoms with Crippen LogP contribution in [0.4, 0.5) is 5.69 Å². The van der Waals surface area contributed by atoms with Crippen molar-refractivity contribution in [3.8, 4) is 0 Å². The molecule has 0 spiro atoms. The van der Waals surface area contributed by atoms with E-state index in [2.05, 4.69) is 6.58 Å². The highest BCUT2D eigenvalue weighted by atomic mass is 35.5. The summed E-state index contributed by atoms with van der Waals surface area (Å²) >= 11 is 6.09. The Hall–Kier alpha value is -3.89. The van der Waals surface area contributed by atoms with E-state index in [0.717, 1.165) is 16.8 Å². The van der Waals surface area contributed by atoms with Crippen LogP contribution >= 0.6 is 11.6 Å². The van der Waals surface area contributed by atoms with E-state index in [1.165, 1.54) is 0 Å². The van der Waals surface area contributed by atoms with Crippen LogP contribution in [0.15, 0.2) is 109 Å². The number of carbonyl (C=O) groups excluding carboxylic acids is 2. The van der Waals surface area contributed by atoms with Crippen molar-refractivity contribution in [2.45, 2.75) is 67.0 Å². The van der Waals surface area contributed by atoms with Crippen molar-refractivity contribution >= 4 is 29.1 Å². The number of hydrogen-bond acceptors (Lipinski definition) is 2. The van der Waals surface area contributed by atoms with Crippen molar-refractivity contribution in [3.63, 3.8) is 0 Å². The lowest BCUT2D eigenvalue weighted by Gasteiger charge is -2.36. The van der Waals surface area contributed by atoms with Gasteiger partial charge in [0.15, 0.2) is 0 Å². The molecule has 3 aromatic rings. The second-order valence-corrected chi connectivity index (χ2v) is 10.2. The maximum atomic E-state index is 13.9. The number of allylic oxidation sites excluding steroid dienone is 4. The summed E-state index contributed by atoms with van der Waals surface area (Å²) in [4.78, 5) is 31.3. The quantitative estimate of drug-likeness (QED) is 0.228. The molecule has 3 rings (SSSR count). The van der Waals surface area contributed by atoms with Crippen LogP contribution in [0.5, 0.6) is 0 Å². The fraction of sp³-hybridized carbons (Fsp3) is 0.278. The van der Waals surface area contributed by atoms with Crippen LogP contribution in [0.1, 0.15) is 72.9 Å². The molecule has 0 heterocycles. The van der Waals surface area contributed by atoms with Gasteiger partial charge in [0, 0.05) is 39.6 Å². The highest BCUT2D eigenvalue weighted by molar-refractivity contribution is 6.30. The largest absolute Gasteiger partial charge is 0.306 e. The Kier molecular flexibility index (Phi) is 13.3. The summed E-state index contributed by atoms with van der Waals surface area (Å²) in [7, 11) is 0. The normalized spacial score (nSPS) is 12.6. The summed E-state index contributed by atoms with van der Waals surface area (Å²) in [6.07, 6.45) is 7.93. The van der Waals surface area contributed by atoms with Crippen LogP contribution in [0.2, 0.25) is 5.02 Å². The molecule has 0 saturated heterocycles. The zero-order valence-corrected chi connectivity index (χ0v) is 26.2. The molecule has 0 saturated carbocycles. The van der Waals surface area contributed by atoms with Crippen molar-refractivity contribution in [2.24, 2.45) is 0 Å². The number of anilines is 1. The van der Waals surface area contributed by atoms with E-state index < -0.39 is 0 Å². The third kappa shape index (κ3) is 8.80. The Morgan fingerprint density at radius 1 is 0.854 bits per heavy atom. The minimum absolute atomic E-state index is 0.114. The van der Waals surface area contributed by atoms with Gasteiger partial charge < -0.3 is 9.80 Å². The number of nitrogens with zero attached hydrogens (tertiary/aromatic N) is 2. The van der Waals surface area contributed by atoms with E-state index in [9.17, 15) is 9.59 Å². The zero-order chi connectivity index (χ0) is 30.5. The summed E-state index contributed by atoms with van der Waals surface area (Å²) in [5.74, 6) is -0.234. The molecular formula is C36H43ClN2O2. The van der Waals surface area contributed by atoms with E-state index >= 15 is 0 Å². The maximum Gasteiger partial charge on any atom is 0.258 e. The molecule has 0 aliphatic rings. The average Bonchev–Trinajstić information content (AvgIpc) is 2.97. The van der Waals surface area contributed by atoms with E-state index in [-0.39, 0.29) is 23.9 Å². The van der Waals surface area contributed by atoms with Crippen molar-refractivity contribution in [2.75, 3.05) is 4.90 Å². The lowest BCUT2D eigenvalue weighted by Crippen LogP contribution is -2.45. The second kappa shape index (κ2) is 16.4. The van der Waals surface area contributed by atoms with Crippen molar-refractivity contribution in [1.29, 1.82) is 0 Å². The van der Waals surface area contributed by atoms with Gasteiger partial charge >= 0.3 is 0 Å². The number of halogens is 1. The molecule has 0 aromatic heterocycles. The first-order valence-electron chi connectivity index (χ1n) is 14.2.